The van der Waals surface area contributed by atoms with Gasteiger partial charge in [-0.1, -0.05) is 11.6 Å². The van der Waals surface area contributed by atoms with Gasteiger partial charge < -0.3 is 10.1 Å². The van der Waals surface area contributed by atoms with E-state index in [4.69, 9.17) is 16.3 Å². The van der Waals surface area contributed by atoms with Gasteiger partial charge in [-0.25, -0.2) is 13.2 Å². The zero-order valence-corrected chi connectivity index (χ0v) is 17.8. The fraction of sp³-hybridized carbons (Fsp3) is 0.316. The lowest BCUT2D eigenvalue weighted by Gasteiger charge is -2.09. The molecule has 0 unspecified atom stereocenters. The standard InChI is InChI=1S/C19H17ClN2O5S2/c1-29(25,26)11-6-7-15(20)13(8-11)19(24)27-10-17(23)22-18-14(9-21)12-4-2-3-5-16(12)28-18/h6-8H,2-5,10H2,1H3,(H,22,23). The molecule has 0 atom stereocenters. The smallest absolute Gasteiger partial charge is 0.340 e. The van der Waals surface area contributed by atoms with Gasteiger partial charge in [0.25, 0.3) is 5.91 Å². The van der Waals surface area contributed by atoms with E-state index in [9.17, 15) is 23.3 Å². The van der Waals surface area contributed by atoms with Crippen LogP contribution in [0.3, 0.4) is 0 Å². The van der Waals surface area contributed by atoms with Crippen molar-refractivity contribution in [2.24, 2.45) is 0 Å². The lowest BCUT2D eigenvalue weighted by molar-refractivity contribution is -0.119. The number of thiophene rings is 1. The molecule has 2 aromatic rings. The van der Waals surface area contributed by atoms with Crippen LogP contribution in [0, 0.1) is 11.3 Å². The summed E-state index contributed by atoms with van der Waals surface area (Å²) in [6, 6.07) is 5.81. The molecule has 0 saturated heterocycles. The number of rotatable bonds is 5. The Morgan fingerprint density at radius 2 is 2.03 bits per heavy atom. The number of fused-ring (bicyclic) bond motifs is 1. The first kappa shape index (κ1) is 21.3. The van der Waals surface area contributed by atoms with E-state index in [1.54, 1.807) is 0 Å². The van der Waals surface area contributed by atoms with E-state index in [0.717, 1.165) is 48.4 Å². The highest BCUT2D eigenvalue weighted by molar-refractivity contribution is 7.90. The van der Waals surface area contributed by atoms with E-state index in [-0.39, 0.29) is 15.5 Å². The van der Waals surface area contributed by atoms with Crippen molar-refractivity contribution in [1.82, 2.24) is 0 Å². The van der Waals surface area contributed by atoms with E-state index in [2.05, 4.69) is 11.4 Å². The summed E-state index contributed by atoms with van der Waals surface area (Å²) in [6.07, 6.45) is 4.77. The zero-order valence-electron chi connectivity index (χ0n) is 15.5. The number of hydrogen-bond acceptors (Lipinski definition) is 7. The van der Waals surface area contributed by atoms with Crippen molar-refractivity contribution >= 4 is 49.7 Å². The molecule has 1 N–H and O–H groups in total. The average molecular weight is 453 g/mol. The van der Waals surface area contributed by atoms with Crippen LogP contribution in [-0.2, 0) is 32.2 Å². The van der Waals surface area contributed by atoms with Gasteiger partial charge in [-0.3, -0.25) is 4.79 Å². The second-order valence-corrected chi connectivity index (χ2v) is 10.1. The lowest BCUT2D eigenvalue weighted by atomic mass is 9.96. The SMILES string of the molecule is CS(=O)(=O)c1ccc(Cl)c(C(=O)OCC(=O)Nc2sc3c(c2C#N)CCCC3)c1. The minimum Gasteiger partial charge on any atom is -0.452 e. The maximum atomic E-state index is 12.3. The molecule has 0 radical (unpaired) electrons. The molecular weight excluding hydrogens is 436 g/mol. The van der Waals surface area contributed by atoms with Crippen molar-refractivity contribution in [2.75, 3.05) is 18.2 Å². The van der Waals surface area contributed by atoms with Gasteiger partial charge in [0.05, 0.1) is 21.0 Å². The van der Waals surface area contributed by atoms with Crippen LogP contribution in [0.25, 0.3) is 0 Å². The number of ether oxygens (including phenoxy) is 1. The fourth-order valence-corrected chi connectivity index (χ4v) is 5.13. The summed E-state index contributed by atoms with van der Waals surface area (Å²) in [6.45, 7) is -0.592. The number of amides is 1. The molecule has 1 amide bonds. The van der Waals surface area contributed by atoms with Gasteiger partial charge in [-0.05, 0) is 49.4 Å². The molecule has 1 aliphatic carbocycles. The number of halogens is 1. The molecule has 1 aromatic heterocycles. The van der Waals surface area contributed by atoms with Crippen LogP contribution >= 0.6 is 22.9 Å². The predicted octanol–water partition coefficient (Wildman–Crippen LogP) is 3.35. The normalized spacial score (nSPS) is 13.3. The second kappa shape index (κ2) is 8.53. The maximum Gasteiger partial charge on any atom is 0.340 e. The topological polar surface area (TPSA) is 113 Å². The highest BCUT2D eigenvalue weighted by Gasteiger charge is 2.23. The quantitative estimate of drug-likeness (QED) is 0.696. The monoisotopic (exact) mass is 452 g/mol. The Morgan fingerprint density at radius 1 is 1.31 bits per heavy atom. The molecule has 0 bridgehead atoms. The Kier molecular flexibility index (Phi) is 6.27. The molecule has 0 spiro atoms. The minimum atomic E-state index is -3.53. The van der Waals surface area contributed by atoms with Crippen molar-refractivity contribution in [3.05, 3.63) is 44.8 Å². The number of sulfone groups is 1. The number of carbonyl (C=O) groups is 2. The first-order chi connectivity index (χ1) is 13.7. The van der Waals surface area contributed by atoms with Crippen LogP contribution in [0.5, 0.6) is 0 Å². The van der Waals surface area contributed by atoms with Crippen LogP contribution in [0.1, 0.15) is 39.2 Å². The average Bonchev–Trinajstić information content (AvgIpc) is 3.02. The third-order valence-corrected chi connectivity index (χ3v) is 7.10. The van der Waals surface area contributed by atoms with Gasteiger partial charge in [0, 0.05) is 11.1 Å². The van der Waals surface area contributed by atoms with Crippen LogP contribution < -0.4 is 5.32 Å². The van der Waals surface area contributed by atoms with Crippen molar-refractivity contribution in [1.29, 1.82) is 5.26 Å². The third kappa shape index (κ3) is 4.78. The van der Waals surface area contributed by atoms with Gasteiger partial charge in [0.15, 0.2) is 16.4 Å². The molecule has 0 aliphatic heterocycles. The van der Waals surface area contributed by atoms with Crippen LogP contribution in [0.15, 0.2) is 23.1 Å². The molecule has 152 valence electrons. The molecule has 0 saturated carbocycles. The summed E-state index contributed by atoms with van der Waals surface area (Å²) < 4.78 is 28.3. The number of hydrogen-bond donors (Lipinski definition) is 1. The fourth-order valence-electron chi connectivity index (χ4n) is 3.04. The Balaban J connectivity index is 1.68. The summed E-state index contributed by atoms with van der Waals surface area (Å²) >= 11 is 7.32. The molecule has 1 heterocycles. The van der Waals surface area contributed by atoms with E-state index in [1.165, 1.54) is 23.5 Å². The van der Waals surface area contributed by atoms with Crippen LogP contribution in [0.2, 0.25) is 5.02 Å². The van der Waals surface area contributed by atoms with Gasteiger partial charge in [-0.2, -0.15) is 5.26 Å². The Hall–Kier alpha value is -2.41. The number of anilines is 1. The largest absolute Gasteiger partial charge is 0.452 e. The predicted molar refractivity (Wildman–Crippen MR) is 109 cm³/mol. The number of benzene rings is 1. The molecular formula is C19H17ClN2O5S2. The van der Waals surface area contributed by atoms with Crippen LogP contribution in [-0.4, -0.2) is 33.2 Å². The third-order valence-electron chi connectivity index (χ3n) is 4.46. The Labute approximate surface area is 177 Å². The first-order valence-electron chi connectivity index (χ1n) is 8.72. The maximum absolute atomic E-state index is 12.3. The minimum absolute atomic E-state index is 0.0144. The number of nitrogens with one attached hydrogen (secondary N) is 1. The zero-order chi connectivity index (χ0) is 21.2. The number of esters is 1. The first-order valence-corrected chi connectivity index (χ1v) is 11.8. The Morgan fingerprint density at radius 3 is 2.72 bits per heavy atom. The van der Waals surface area contributed by atoms with Gasteiger partial charge in [0.1, 0.15) is 11.1 Å². The molecule has 3 rings (SSSR count). The number of nitrogens with zero attached hydrogens (tertiary/aromatic N) is 1. The summed E-state index contributed by atoms with van der Waals surface area (Å²) in [5.74, 6) is -1.51. The number of nitriles is 1. The summed E-state index contributed by atoms with van der Waals surface area (Å²) in [5.41, 5.74) is 1.31. The van der Waals surface area contributed by atoms with Gasteiger partial charge in [0.2, 0.25) is 0 Å². The van der Waals surface area contributed by atoms with E-state index in [1.807, 2.05) is 0 Å². The molecule has 10 heteroatoms. The molecule has 29 heavy (non-hydrogen) atoms. The van der Waals surface area contributed by atoms with Crippen molar-refractivity contribution in [3.63, 3.8) is 0 Å². The summed E-state index contributed by atoms with van der Waals surface area (Å²) in [4.78, 5) is 25.5. The van der Waals surface area contributed by atoms with Gasteiger partial charge in [-0.15, -0.1) is 11.3 Å². The Bertz CT molecular complexity index is 1130. The highest BCUT2D eigenvalue weighted by Crippen LogP contribution is 2.37. The second-order valence-electron chi connectivity index (χ2n) is 6.56. The number of carbonyl (C=O) groups excluding carboxylic acids is 2. The van der Waals surface area contributed by atoms with Crippen molar-refractivity contribution in [3.8, 4) is 6.07 Å². The van der Waals surface area contributed by atoms with E-state index >= 15 is 0 Å². The van der Waals surface area contributed by atoms with E-state index < -0.39 is 28.3 Å². The molecule has 0 fully saturated rings. The lowest BCUT2D eigenvalue weighted by Crippen LogP contribution is -2.21. The van der Waals surface area contributed by atoms with Crippen molar-refractivity contribution in [2.45, 2.75) is 30.6 Å². The number of aryl methyl sites for hydroxylation is 1. The van der Waals surface area contributed by atoms with Gasteiger partial charge >= 0.3 is 5.97 Å². The molecule has 1 aromatic carbocycles. The molecule has 1 aliphatic rings. The molecule has 7 nitrogen and oxygen atoms in total. The van der Waals surface area contributed by atoms with Crippen molar-refractivity contribution < 1.29 is 22.7 Å². The summed E-state index contributed by atoms with van der Waals surface area (Å²) in [5, 5.41) is 12.5. The van der Waals surface area contributed by atoms with Crippen LogP contribution in [0.4, 0.5) is 5.00 Å². The summed E-state index contributed by atoms with van der Waals surface area (Å²) in [7, 11) is -3.53. The highest BCUT2D eigenvalue weighted by atomic mass is 35.5. The van der Waals surface area contributed by atoms with E-state index in [0.29, 0.717) is 10.6 Å².